The number of hydrogen-bond acceptors (Lipinski definition) is 4. The van der Waals surface area contributed by atoms with Crippen LogP contribution >= 0.6 is 15.9 Å². The predicted octanol–water partition coefficient (Wildman–Crippen LogP) is 5.89. The molecule has 0 heterocycles. The first-order valence-corrected chi connectivity index (χ1v) is 8.95. The van der Waals surface area contributed by atoms with Gasteiger partial charge in [0.05, 0.1) is 13.3 Å². The molecule has 0 bridgehead atoms. The number of ether oxygens (including phenoxy) is 2. The molecule has 13 heteroatoms. The highest BCUT2D eigenvalue weighted by Crippen LogP contribution is 2.45. The molecule has 0 radical (unpaired) electrons. The molecule has 170 valence electrons. The fourth-order valence-corrected chi connectivity index (χ4v) is 2.57. The second kappa shape index (κ2) is 9.28. The number of rotatable bonds is 8. The number of halogens is 9. The molecule has 0 atom stereocenters. The van der Waals surface area contributed by atoms with E-state index in [-0.39, 0.29) is 28.1 Å². The third kappa shape index (κ3) is 5.77. The number of methoxy groups -OCH3 is 1. The zero-order valence-corrected chi connectivity index (χ0v) is 17.0. The summed E-state index contributed by atoms with van der Waals surface area (Å²) in [6.07, 6.45) is -5.90. The van der Waals surface area contributed by atoms with Crippen molar-refractivity contribution in [3.05, 3.63) is 57.8 Å². The summed E-state index contributed by atoms with van der Waals surface area (Å²) < 4.78 is 113. The molecular formula is C18H13BrF8N2O2. The summed E-state index contributed by atoms with van der Waals surface area (Å²) in [7, 11) is 1.25. The highest BCUT2D eigenvalue weighted by molar-refractivity contribution is 9.10. The van der Waals surface area contributed by atoms with E-state index in [4.69, 9.17) is 9.47 Å². The molecule has 1 N–H and O–H groups in total. The Morgan fingerprint density at radius 1 is 1.03 bits per heavy atom. The van der Waals surface area contributed by atoms with Crippen molar-refractivity contribution >= 4 is 22.1 Å². The Morgan fingerprint density at radius 3 is 2.29 bits per heavy atom. The van der Waals surface area contributed by atoms with Gasteiger partial charge < -0.3 is 9.47 Å². The van der Waals surface area contributed by atoms with Crippen LogP contribution in [0.15, 0.2) is 46.0 Å². The molecule has 0 aliphatic rings. The van der Waals surface area contributed by atoms with Crippen LogP contribution < -0.4 is 14.9 Å². The SMILES string of the molecule is COc1cc(/C=N/NC(F)(F)C(F)(F)C(F)(F)F)c(Br)cc1OCc1cccc(F)c1. The Labute approximate surface area is 179 Å². The van der Waals surface area contributed by atoms with Crippen molar-refractivity contribution in [2.75, 3.05) is 7.11 Å². The number of hydrazone groups is 1. The second-order valence-corrected chi connectivity index (χ2v) is 6.81. The van der Waals surface area contributed by atoms with E-state index < -0.39 is 24.0 Å². The van der Waals surface area contributed by atoms with E-state index in [2.05, 4.69) is 21.0 Å². The minimum atomic E-state index is -6.48. The van der Waals surface area contributed by atoms with Crippen molar-refractivity contribution in [2.45, 2.75) is 24.8 Å². The number of benzene rings is 2. The van der Waals surface area contributed by atoms with E-state index in [9.17, 15) is 35.1 Å². The Kier molecular flexibility index (Phi) is 7.40. The van der Waals surface area contributed by atoms with Gasteiger partial charge in [0.2, 0.25) is 0 Å². The van der Waals surface area contributed by atoms with Crippen LogP contribution in [0.1, 0.15) is 11.1 Å². The lowest BCUT2D eigenvalue weighted by atomic mass is 10.2. The number of nitrogens with one attached hydrogen (secondary N) is 1. The second-order valence-electron chi connectivity index (χ2n) is 5.96. The number of nitrogens with zero attached hydrogens (tertiary/aromatic N) is 1. The maximum Gasteiger partial charge on any atom is 0.462 e. The first-order valence-electron chi connectivity index (χ1n) is 8.16. The molecule has 0 aromatic heterocycles. The summed E-state index contributed by atoms with van der Waals surface area (Å²) in [5, 5.41) is 2.79. The normalized spacial score (nSPS) is 12.8. The highest BCUT2D eigenvalue weighted by atomic mass is 79.9. The van der Waals surface area contributed by atoms with Gasteiger partial charge in [0.1, 0.15) is 12.4 Å². The van der Waals surface area contributed by atoms with E-state index >= 15 is 0 Å². The maximum absolute atomic E-state index is 13.2. The van der Waals surface area contributed by atoms with Gasteiger partial charge >= 0.3 is 18.1 Å². The quantitative estimate of drug-likeness (QED) is 0.204. The third-order valence-electron chi connectivity index (χ3n) is 3.73. The van der Waals surface area contributed by atoms with Crippen LogP contribution in [0.25, 0.3) is 0 Å². The third-order valence-corrected chi connectivity index (χ3v) is 4.41. The summed E-state index contributed by atoms with van der Waals surface area (Å²) in [5.41, 5.74) is 1.02. The van der Waals surface area contributed by atoms with Gasteiger partial charge in [-0.1, -0.05) is 12.1 Å². The highest BCUT2D eigenvalue weighted by Gasteiger charge is 2.73. The van der Waals surface area contributed by atoms with Crippen molar-refractivity contribution in [3.8, 4) is 11.5 Å². The largest absolute Gasteiger partial charge is 0.493 e. The molecule has 0 saturated carbocycles. The minimum absolute atomic E-state index is 0.00594. The van der Waals surface area contributed by atoms with Gasteiger partial charge in [-0.15, -0.1) is 0 Å². The van der Waals surface area contributed by atoms with Gasteiger partial charge in [0.25, 0.3) is 0 Å². The van der Waals surface area contributed by atoms with Crippen LogP contribution in [0.2, 0.25) is 0 Å². The average molecular weight is 521 g/mol. The zero-order valence-electron chi connectivity index (χ0n) is 15.4. The zero-order chi connectivity index (χ0) is 23.4. The first-order chi connectivity index (χ1) is 14.3. The minimum Gasteiger partial charge on any atom is -0.493 e. The molecule has 0 amide bonds. The van der Waals surface area contributed by atoms with E-state index in [0.717, 1.165) is 0 Å². The van der Waals surface area contributed by atoms with Gasteiger partial charge in [-0.05, 0) is 45.8 Å². The van der Waals surface area contributed by atoms with Crippen molar-refractivity contribution in [3.63, 3.8) is 0 Å². The van der Waals surface area contributed by atoms with Crippen molar-refractivity contribution < 1.29 is 44.6 Å². The summed E-state index contributed by atoms with van der Waals surface area (Å²) in [6, 6.07) is 2.41. The topological polar surface area (TPSA) is 42.8 Å². The van der Waals surface area contributed by atoms with Gasteiger partial charge in [-0.3, -0.25) is 0 Å². The summed E-state index contributed by atoms with van der Waals surface area (Å²) in [4.78, 5) is 0. The fraction of sp³-hybridized carbons (Fsp3) is 0.278. The van der Waals surface area contributed by atoms with Crippen molar-refractivity contribution in [1.82, 2.24) is 5.43 Å². The first kappa shape index (κ1) is 24.7. The Morgan fingerprint density at radius 2 is 1.71 bits per heavy atom. The lowest BCUT2D eigenvalue weighted by Crippen LogP contribution is -2.58. The van der Waals surface area contributed by atoms with Crippen LogP contribution in [-0.4, -0.2) is 31.5 Å². The van der Waals surface area contributed by atoms with Crippen LogP contribution in [0.4, 0.5) is 35.1 Å². The van der Waals surface area contributed by atoms with Crippen LogP contribution in [0, 0.1) is 5.82 Å². The van der Waals surface area contributed by atoms with E-state index in [0.29, 0.717) is 17.2 Å². The van der Waals surface area contributed by atoms with Crippen molar-refractivity contribution in [2.24, 2.45) is 5.10 Å². The van der Waals surface area contributed by atoms with Gasteiger partial charge in [0.15, 0.2) is 11.5 Å². The Balaban J connectivity index is 2.17. The molecule has 0 fully saturated rings. The lowest BCUT2D eigenvalue weighted by molar-refractivity contribution is -0.361. The smallest absolute Gasteiger partial charge is 0.462 e. The molecule has 2 rings (SSSR count). The van der Waals surface area contributed by atoms with E-state index in [1.165, 1.54) is 37.4 Å². The van der Waals surface area contributed by atoms with Gasteiger partial charge in [-0.25, -0.2) is 9.82 Å². The van der Waals surface area contributed by atoms with Gasteiger partial charge in [-0.2, -0.15) is 35.8 Å². The molecule has 0 unspecified atom stereocenters. The summed E-state index contributed by atoms with van der Waals surface area (Å²) in [6.45, 7) is -0.0473. The van der Waals surface area contributed by atoms with Crippen LogP contribution in [0.5, 0.6) is 11.5 Å². The van der Waals surface area contributed by atoms with Crippen LogP contribution in [0.3, 0.4) is 0 Å². The molecule has 2 aromatic carbocycles. The lowest BCUT2D eigenvalue weighted by Gasteiger charge is -2.27. The fourth-order valence-electron chi connectivity index (χ4n) is 2.14. The number of alkyl halides is 7. The Bertz CT molecular complexity index is 951. The maximum atomic E-state index is 13.2. The summed E-state index contributed by atoms with van der Waals surface area (Å²) in [5.74, 6) is -6.60. The predicted molar refractivity (Wildman–Crippen MR) is 98.1 cm³/mol. The molecule has 4 nitrogen and oxygen atoms in total. The van der Waals surface area contributed by atoms with E-state index in [1.807, 2.05) is 0 Å². The molecule has 0 aliphatic carbocycles. The Hall–Kier alpha value is -2.57. The molecule has 31 heavy (non-hydrogen) atoms. The standard InChI is InChI=1S/C18H13BrF8N2O2/c1-30-14-6-11(8-28-29-18(26,27)16(21,22)17(23,24)25)13(19)7-15(14)31-9-10-3-2-4-12(20)5-10/h2-8,29H,9H2,1H3/b28-8+. The molecular weight excluding hydrogens is 508 g/mol. The molecule has 0 aliphatic heterocycles. The van der Waals surface area contributed by atoms with Gasteiger partial charge in [0, 0.05) is 10.0 Å². The monoisotopic (exact) mass is 520 g/mol. The molecule has 2 aromatic rings. The molecule has 0 saturated heterocycles. The number of hydrogen-bond donors (Lipinski definition) is 1. The summed E-state index contributed by atoms with van der Waals surface area (Å²) >= 11 is 3.07. The van der Waals surface area contributed by atoms with Crippen LogP contribution in [-0.2, 0) is 6.61 Å². The van der Waals surface area contributed by atoms with Crippen molar-refractivity contribution in [1.29, 1.82) is 0 Å². The molecule has 0 spiro atoms. The average Bonchev–Trinajstić information content (AvgIpc) is 2.66. The van der Waals surface area contributed by atoms with E-state index in [1.54, 1.807) is 6.07 Å².